The molecule has 6 aromatic rings. The van der Waals surface area contributed by atoms with Gasteiger partial charge in [-0.25, -0.2) is 23.4 Å². The number of hydrazone groups is 1. The number of pyridine rings is 1. The van der Waals surface area contributed by atoms with Gasteiger partial charge in [0.2, 0.25) is 11.3 Å². The second-order valence-electron chi connectivity index (χ2n) is 31.7. The number of aromatic nitrogens is 3. The average Bonchev–Trinajstić information content (AvgIpc) is 1.61. The summed E-state index contributed by atoms with van der Waals surface area (Å²) in [7, 11) is 4.90. The van der Waals surface area contributed by atoms with Crippen LogP contribution in [0, 0.1) is 48.1 Å². The summed E-state index contributed by atoms with van der Waals surface area (Å²) in [6.07, 6.45) is 13.5. The van der Waals surface area contributed by atoms with Gasteiger partial charge in [0.25, 0.3) is 17.6 Å². The number of hydrogen-bond donors (Lipinski definition) is 10. The zero-order valence-corrected chi connectivity index (χ0v) is 70.5. The number of cyclic esters (lactones) is 1. The van der Waals surface area contributed by atoms with Crippen LogP contribution in [-0.2, 0) is 33.3 Å². The number of aromatic hydroxyl groups is 3. The molecule has 8 aliphatic heterocycles. The molecule has 4 aromatic carbocycles. The zero-order valence-electron chi connectivity index (χ0n) is 69.7. The van der Waals surface area contributed by atoms with Crippen LogP contribution in [0.1, 0.15) is 129 Å². The molecule has 121 heavy (non-hydrogen) atoms. The number of amides is 4. The van der Waals surface area contributed by atoms with Crippen LogP contribution in [0.5, 0.6) is 28.7 Å². The maximum absolute atomic E-state index is 15.3. The third-order valence-electron chi connectivity index (χ3n) is 23.2. The van der Waals surface area contributed by atoms with Crippen LogP contribution < -0.4 is 51.3 Å². The molecule has 9 aliphatic rings. The van der Waals surface area contributed by atoms with Crippen LogP contribution >= 0.6 is 11.8 Å². The van der Waals surface area contributed by atoms with Gasteiger partial charge in [0, 0.05) is 163 Å². The number of carboxylic acid groups (broad SMARTS) is 1. The predicted octanol–water partition coefficient (Wildman–Crippen LogP) is 8.12. The van der Waals surface area contributed by atoms with E-state index in [0.717, 1.165) is 76.5 Å². The molecule has 11 N–H and O–H groups in total. The SMILES string of the molecule is CC(=O)NC[C@H]1CN(c2ccc(N3CCSCC3)c(F)c2)C(=O)O1.CO[C@H]1/C=C/O[C@@]2(C)Oc3c(C)c(O)c4c(O)c(c(/C=N/N5CCN(C)CC5)c(O)c4c3C2=O)NC(=O)/C(C)=C\C=C\[C@H](C)[C@H](O)[C@@H](C)[C@@H](O)[C@@H](C)[C@H](OC(C)=O)[C@@H]1C.COc1c(N2C[C@@H]3CCCN[C@@H]3C2)c(F)cc2c(=O)c(C(=O)O)cn(C3CC3)c12.NC(=O)c1cnccn1. The lowest BCUT2D eigenvalue weighted by molar-refractivity contribution is -0.160. The first-order chi connectivity index (χ1) is 57.6. The second kappa shape index (κ2) is 39.1. The number of thioether (sulfide) groups is 1. The molecule has 4 amide bonds. The quantitative estimate of drug-likeness (QED) is 0.0226. The van der Waals surface area contributed by atoms with E-state index >= 15 is 4.39 Å². The summed E-state index contributed by atoms with van der Waals surface area (Å²) in [6, 6.07) is 6.45. The van der Waals surface area contributed by atoms with Crippen molar-refractivity contribution in [3.8, 4) is 28.7 Å². The second-order valence-corrected chi connectivity index (χ2v) is 32.9. The van der Waals surface area contributed by atoms with Crippen LogP contribution in [0.15, 0.2) is 95.1 Å². The van der Waals surface area contributed by atoms with Gasteiger partial charge in [-0.05, 0) is 89.4 Å². The van der Waals surface area contributed by atoms with Crippen LogP contribution in [0.2, 0.25) is 0 Å². The predicted molar refractivity (Wildman–Crippen MR) is 450 cm³/mol. The summed E-state index contributed by atoms with van der Waals surface area (Å²) in [5, 5.41) is 82.5. The summed E-state index contributed by atoms with van der Waals surface area (Å²) < 4.78 is 66.1. The van der Waals surface area contributed by atoms with Gasteiger partial charge in [0.1, 0.15) is 52.2 Å². The minimum Gasteiger partial charge on any atom is -0.507 e. The molecule has 0 radical (unpaired) electrons. The number of hydrogen-bond acceptors (Lipinski definition) is 28. The van der Waals surface area contributed by atoms with Gasteiger partial charge in [-0.15, -0.1) is 0 Å². The number of primary amides is 1. The molecule has 6 fully saturated rings. The van der Waals surface area contributed by atoms with Crippen molar-refractivity contribution in [3.63, 3.8) is 0 Å². The monoisotopic (exact) mass is 1700 g/mol. The summed E-state index contributed by atoms with van der Waals surface area (Å²) in [6.45, 7) is 21.1. The fourth-order valence-corrected chi connectivity index (χ4v) is 17.0. The number of methoxy groups -OCH3 is 2. The van der Waals surface area contributed by atoms with Crippen molar-refractivity contribution in [1.29, 1.82) is 0 Å². The van der Waals surface area contributed by atoms with E-state index in [1.165, 1.54) is 115 Å². The van der Waals surface area contributed by atoms with Gasteiger partial charge in [-0.1, -0.05) is 45.9 Å². The van der Waals surface area contributed by atoms with E-state index < -0.39 is 124 Å². The van der Waals surface area contributed by atoms with Gasteiger partial charge in [0.05, 0.1) is 102 Å². The number of allylic oxidation sites excluding steroid dienone is 2. The molecule has 15 rings (SSSR count). The van der Waals surface area contributed by atoms with Crippen LogP contribution in [0.3, 0.4) is 0 Å². The van der Waals surface area contributed by atoms with Gasteiger partial charge < -0.3 is 100 Å². The number of phenolic OH excluding ortho intramolecular Hbond substituents is 3. The molecule has 1 saturated carbocycles. The van der Waals surface area contributed by atoms with E-state index in [1.54, 1.807) is 61.6 Å². The number of benzene rings is 4. The topological polar surface area (TPSA) is 435 Å². The number of aliphatic hydroxyl groups excluding tert-OH is 2. The lowest BCUT2D eigenvalue weighted by atomic mass is 9.78. The molecule has 36 heteroatoms. The molecule has 1 aliphatic carbocycles. The Bertz CT molecular complexity index is 5060. The van der Waals surface area contributed by atoms with Gasteiger partial charge in [-0.2, -0.15) is 16.9 Å². The maximum Gasteiger partial charge on any atom is 0.414 e. The Morgan fingerprint density at radius 2 is 1.58 bits per heavy atom. The first-order valence-corrected chi connectivity index (χ1v) is 41.4. The van der Waals surface area contributed by atoms with Gasteiger partial charge >= 0.3 is 23.8 Å². The van der Waals surface area contributed by atoms with Gasteiger partial charge in [0.15, 0.2) is 17.3 Å². The molecule has 5 bridgehead atoms. The lowest BCUT2D eigenvalue weighted by Gasteiger charge is -2.38. The van der Waals surface area contributed by atoms with E-state index in [2.05, 4.69) is 35.9 Å². The average molecular weight is 1700 g/mol. The number of esters is 1. The maximum atomic E-state index is 15.3. The minimum absolute atomic E-state index is 0.0559. The van der Waals surface area contributed by atoms with E-state index in [-0.39, 0.29) is 92.0 Å². The summed E-state index contributed by atoms with van der Waals surface area (Å²) >= 11 is 1.87. The number of carbonyl (C=O) groups excluding carboxylic acids is 6. The smallest absolute Gasteiger partial charge is 0.414 e. The lowest BCUT2D eigenvalue weighted by Crippen LogP contribution is -2.46. The third kappa shape index (κ3) is 20.2. The first-order valence-electron chi connectivity index (χ1n) is 40.2. The Labute approximate surface area is 702 Å². The number of piperidine rings is 1. The number of piperazine rings is 1. The highest BCUT2D eigenvalue weighted by atomic mass is 32.2. The molecule has 0 spiro atoms. The van der Waals surface area contributed by atoms with Crippen molar-refractivity contribution in [3.05, 3.63) is 135 Å². The van der Waals surface area contributed by atoms with Gasteiger partial charge in [-0.3, -0.25) is 43.7 Å². The number of fused-ring (bicyclic) bond motifs is 16. The van der Waals surface area contributed by atoms with E-state index in [1.807, 2.05) is 28.6 Å². The van der Waals surface area contributed by atoms with Crippen LogP contribution in [0.25, 0.3) is 21.7 Å². The summed E-state index contributed by atoms with van der Waals surface area (Å²) in [4.78, 5) is 113. The molecule has 2 aromatic heterocycles. The Kier molecular flexibility index (Phi) is 29.3. The van der Waals surface area contributed by atoms with Crippen molar-refractivity contribution >= 4 is 104 Å². The molecule has 10 heterocycles. The number of carboxylic acids is 1. The number of anilines is 4. The van der Waals surface area contributed by atoms with E-state index in [0.29, 0.717) is 59.9 Å². The number of aromatic carboxylic acids is 1. The normalized spacial score (nSPS) is 26.2. The number of rotatable bonds is 13. The highest BCUT2D eigenvalue weighted by Gasteiger charge is 2.50. The summed E-state index contributed by atoms with van der Waals surface area (Å²) in [5.41, 5.74) is 5.60. The Morgan fingerprint density at radius 1 is 0.860 bits per heavy atom. The highest BCUT2D eigenvalue weighted by Crippen LogP contribution is 2.56. The molecule has 0 unspecified atom stereocenters. The van der Waals surface area contributed by atoms with Crippen molar-refractivity contribution in [2.24, 2.45) is 40.4 Å². The Balaban J connectivity index is 0.000000188. The Hall–Kier alpha value is -11.2. The number of likely N-dealkylation sites (N-methyl/N-ethyl adjacent to an activating group) is 1. The zero-order chi connectivity index (χ0) is 87.7. The number of nitrogens with two attached hydrogens (primary N) is 1. The number of ketones is 1. The number of nitrogens with zero attached hydrogens (tertiary/aromatic N) is 9. The molecule has 652 valence electrons. The molecule has 5 saturated heterocycles. The van der Waals surface area contributed by atoms with Crippen molar-refractivity contribution in [2.45, 2.75) is 136 Å². The fourth-order valence-electron chi connectivity index (χ4n) is 16.1. The van der Waals surface area contributed by atoms with Crippen molar-refractivity contribution in [2.75, 3.05) is 125 Å². The van der Waals surface area contributed by atoms with Crippen molar-refractivity contribution in [1.82, 2.24) is 35.1 Å². The van der Waals surface area contributed by atoms with E-state index in [4.69, 9.17) is 34.2 Å². The number of ether oxygens (including phenoxy) is 6. The molecule has 12 atom stereocenters. The highest BCUT2D eigenvalue weighted by molar-refractivity contribution is 7.99. The number of carbonyl (C=O) groups is 7. The number of nitrogens with one attached hydrogen (secondary N) is 3. The van der Waals surface area contributed by atoms with Crippen LogP contribution in [0.4, 0.5) is 36.3 Å². The molecular formula is C85H107F2N13O20S. The molecule has 33 nitrogen and oxygen atoms in total. The number of Topliss-reactive ketones (excluding diaryl/α,β-unsaturated/α-hetero) is 1. The standard InChI is InChI=1S/C43H58N4O12.C21H24FN3O4.C16H20FN3O3S.C5H5N3O/c1-21-12-11-13-22(2)42(55)45-33-28(20-44-47-17-15-46(9)16-18-47)37(52)30-31(38(33)53)36(51)26(6)40-32(30)41(54)43(8,59-40)57-19-14-29(56-10)23(3)39(58-27(7)48)25(5)35(50)24(4)34(21)49;1-29-20-17-13(19(26)14(21(27)28)9-25(17)12-4-5-12)7-15(22)18(20)24-8-11-3-2-6-23-16(11)10-24;1-11(21)18-9-13-10-20(16(22)23-13)12-2-3-15(14(17)8-12)19-4-6-24-7-5-19;6-5(9)4-3-7-1-2-8-4/h11-14,19-21,23-25,29,34-35,39,49-53H,15-18H2,1-10H3,(H,45,55);7,9,11-12,16,23H,2-6,8,10H2,1H3,(H,27,28);2-3,8,13H,4-7,9-10H2,1H3,(H,18,21);1-3H,(H2,6,9)/b12-11+,19-14+,22-13-,44-20+;;;/t21-,23+,24+,25+,29-,34-,35+,39+,43-;11-,16+;13-;/m000./s1. The molecular weight excluding hydrogens is 1590 g/mol. The third-order valence-corrected chi connectivity index (χ3v) is 24.2. The van der Waals surface area contributed by atoms with Crippen molar-refractivity contribution < 1.29 is 101 Å². The number of halogens is 2. The number of phenols is 3. The largest absolute Gasteiger partial charge is 0.507 e. The van der Waals surface area contributed by atoms with E-state index in [9.17, 15) is 73.4 Å². The first kappa shape index (κ1) is 90.6. The minimum atomic E-state index is -2.04. The Morgan fingerprint density at radius 3 is 2.20 bits per heavy atom. The summed E-state index contributed by atoms with van der Waals surface area (Å²) in [5.74, 6) is -8.50. The van der Waals surface area contributed by atoms with Crippen LogP contribution in [-0.4, -0.2) is 250 Å². The number of aliphatic hydroxyl groups is 2. The fraction of sp³-hybridized carbons (Fsp3) is 0.494.